The van der Waals surface area contributed by atoms with E-state index in [4.69, 9.17) is 0 Å². The van der Waals surface area contributed by atoms with Crippen molar-refractivity contribution in [3.05, 3.63) is 35.6 Å². The molecule has 1 unspecified atom stereocenters. The van der Waals surface area contributed by atoms with Crippen LogP contribution in [0.2, 0.25) is 0 Å². The molecular formula is C16H23FN2O. The van der Waals surface area contributed by atoms with E-state index in [1.54, 1.807) is 12.1 Å². The summed E-state index contributed by atoms with van der Waals surface area (Å²) in [7, 11) is 0. The lowest BCUT2D eigenvalue weighted by Crippen LogP contribution is -2.42. The normalized spacial score (nSPS) is 17.1. The maximum Gasteiger partial charge on any atom is 0.234 e. The largest absolute Gasteiger partial charge is 0.352 e. The van der Waals surface area contributed by atoms with Gasteiger partial charge in [0, 0.05) is 12.1 Å². The Bertz CT molecular complexity index is 427. The van der Waals surface area contributed by atoms with Gasteiger partial charge in [-0.15, -0.1) is 0 Å². The van der Waals surface area contributed by atoms with Crippen LogP contribution in [-0.2, 0) is 11.2 Å². The van der Waals surface area contributed by atoms with Crippen LogP contribution in [-0.4, -0.2) is 24.5 Å². The van der Waals surface area contributed by atoms with Crippen LogP contribution in [0.3, 0.4) is 0 Å². The Balaban J connectivity index is 1.67. The summed E-state index contributed by atoms with van der Waals surface area (Å²) >= 11 is 0. The minimum Gasteiger partial charge on any atom is -0.352 e. The molecule has 3 nitrogen and oxygen atoms in total. The third-order valence-electron chi connectivity index (χ3n) is 3.79. The third-order valence-corrected chi connectivity index (χ3v) is 3.79. The van der Waals surface area contributed by atoms with Crippen molar-refractivity contribution in [2.24, 2.45) is 0 Å². The Labute approximate surface area is 120 Å². The van der Waals surface area contributed by atoms with E-state index in [0.29, 0.717) is 12.6 Å². The maximum atomic E-state index is 12.8. The van der Waals surface area contributed by atoms with Crippen molar-refractivity contribution in [3.63, 3.8) is 0 Å². The van der Waals surface area contributed by atoms with Crippen molar-refractivity contribution in [2.45, 2.75) is 51.1 Å². The molecule has 20 heavy (non-hydrogen) atoms. The second-order valence-corrected chi connectivity index (χ2v) is 5.66. The minimum atomic E-state index is -0.217. The number of halogens is 1. The lowest BCUT2D eigenvalue weighted by Gasteiger charge is -2.16. The van der Waals surface area contributed by atoms with Gasteiger partial charge in [0.15, 0.2) is 0 Å². The molecule has 1 atom stereocenters. The van der Waals surface area contributed by atoms with E-state index in [2.05, 4.69) is 10.6 Å². The molecule has 0 aromatic heterocycles. The number of nitrogens with one attached hydrogen (secondary N) is 2. The van der Waals surface area contributed by atoms with E-state index in [1.165, 1.54) is 25.0 Å². The standard InChI is InChI=1S/C16H23FN2O/c1-12(10-13-6-8-14(17)9-7-13)18-11-16(20)19-15-4-2-3-5-15/h6-9,12,15,18H,2-5,10-11H2,1H3,(H,19,20). The van der Waals surface area contributed by atoms with E-state index >= 15 is 0 Å². The van der Waals surface area contributed by atoms with Gasteiger partial charge in [-0.3, -0.25) is 4.79 Å². The van der Waals surface area contributed by atoms with Crippen LogP contribution >= 0.6 is 0 Å². The zero-order valence-corrected chi connectivity index (χ0v) is 12.0. The number of rotatable bonds is 6. The van der Waals surface area contributed by atoms with Gasteiger partial charge in [0.05, 0.1) is 6.54 Å². The van der Waals surface area contributed by atoms with Gasteiger partial charge < -0.3 is 10.6 Å². The monoisotopic (exact) mass is 278 g/mol. The van der Waals surface area contributed by atoms with Crippen molar-refractivity contribution >= 4 is 5.91 Å². The van der Waals surface area contributed by atoms with Crippen LogP contribution in [0.15, 0.2) is 24.3 Å². The van der Waals surface area contributed by atoms with Crippen molar-refractivity contribution < 1.29 is 9.18 Å². The van der Waals surface area contributed by atoms with Gasteiger partial charge in [-0.25, -0.2) is 4.39 Å². The fourth-order valence-electron chi connectivity index (χ4n) is 2.66. The summed E-state index contributed by atoms with van der Waals surface area (Å²) in [5, 5.41) is 6.27. The summed E-state index contributed by atoms with van der Waals surface area (Å²) in [6.07, 6.45) is 5.45. The predicted octanol–water partition coefficient (Wildman–Crippen LogP) is 2.41. The average Bonchev–Trinajstić information content (AvgIpc) is 2.92. The van der Waals surface area contributed by atoms with Crippen LogP contribution in [0.4, 0.5) is 4.39 Å². The van der Waals surface area contributed by atoms with Crippen LogP contribution in [0, 0.1) is 5.82 Å². The highest BCUT2D eigenvalue weighted by Gasteiger charge is 2.17. The topological polar surface area (TPSA) is 41.1 Å². The number of benzene rings is 1. The number of carbonyl (C=O) groups is 1. The molecule has 1 aliphatic carbocycles. The Morgan fingerprint density at radius 2 is 1.95 bits per heavy atom. The van der Waals surface area contributed by atoms with Gasteiger partial charge in [0.1, 0.15) is 5.82 Å². The highest BCUT2D eigenvalue weighted by atomic mass is 19.1. The molecule has 1 aliphatic rings. The van der Waals surface area contributed by atoms with Gasteiger partial charge in [-0.2, -0.15) is 0 Å². The molecule has 1 amide bonds. The Morgan fingerprint density at radius 1 is 1.30 bits per heavy atom. The first kappa shape index (κ1) is 15.0. The van der Waals surface area contributed by atoms with E-state index in [-0.39, 0.29) is 17.8 Å². The van der Waals surface area contributed by atoms with Crippen LogP contribution in [0.5, 0.6) is 0 Å². The maximum absolute atomic E-state index is 12.8. The first-order valence-corrected chi connectivity index (χ1v) is 7.40. The summed E-state index contributed by atoms with van der Waals surface area (Å²) in [4.78, 5) is 11.8. The van der Waals surface area contributed by atoms with Crippen molar-refractivity contribution in [2.75, 3.05) is 6.54 Å². The molecule has 0 saturated heterocycles. The first-order valence-electron chi connectivity index (χ1n) is 7.40. The summed E-state index contributed by atoms with van der Waals surface area (Å²) in [5.41, 5.74) is 1.07. The van der Waals surface area contributed by atoms with Crippen LogP contribution in [0.1, 0.15) is 38.2 Å². The molecule has 1 aromatic rings. The molecule has 1 saturated carbocycles. The third kappa shape index (κ3) is 4.93. The zero-order valence-electron chi connectivity index (χ0n) is 12.0. The zero-order chi connectivity index (χ0) is 14.4. The Hall–Kier alpha value is -1.42. The molecule has 2 rings (SSSR count). The predicted molar refractivity (Wildman–Crippen MR) is 78.0 cm³/mol. The minimum absolute atomic E-state index is 0.0721. The van der Waals surface area contributed by atoms with E-state index in [0.717, 1.165) is 24.8 Å². The van der Waals surface area contributed by atoms with E-state index in [9.17, 15) is 9.18 Å². The molecule has 0 bridgehead atoms. The van der Waals surface area contributed by atoms with E-state index in [1.807, 2.05) is 6.92 Å². The fraction of sp³-hybridized carbons (Fsp3) is 0.562. The molecule has 1 fully saturated rings. The van der Waals surface area contributed by atoms with Gasteiger partial charge in [-0.1, -0.05) is 25.0 Å². The van der Waals surface area contributed by atoms with Crippen LogP contribution < -0.4 is 10.6 Å². The quantitative estimate of drug-likeness (QED) is 0.839. The Morgan fingerprint density at radius 3 is 2.60 bits per heavy atom. The summed E-state index contributed by atoms with van der Waals surface area (Å²) in [6, 6.07) is 7.06. The van der Waals surface area contributed by atoms with Crippen molar-refractivity contribution in [1.29, 1.82) is 0 Å². The highest BCUT2D eigenvalue weighted by Crippen LogP contribution is 2.17. The first-order chi connectivity index (χ1) is 9.63. The molecule has 2 N–H and O–H groups in total. The smallest absolute Gasteiger partial charge is 0.234 e. The number of hydrogen-bond acceptors (Lipinski definition) is 2. The average molecular weight is 278 g/mol. The highest BCUT2D eigenvalue weighted by molar-refractivity contribution is 5.78. The van der Waals surface area contributed by atoms with Gasteiger partial charge in [0.2, 0.25) is 5.91 Å². The molecule has 0 aliphatic heterocycles. The fourth-order valence-corrected chi connectivity index (χ4v) is 2.66. The molecule has 110 valence electrons. The second-order valence-electron chi connectivity index (χ2n) is 5.66. The number of amides is 1. The summed E-state index contributed by atoms with van der Waals surface area (Å²) < 4.78 is 12.8. The van der Waals surface area contributed by atoms with Gasteiger partial charge >= 0.3 is 0 Å². The Kier molecular flexibility index (Phi) is 5.53. The van der Waals surface area contributed by atoms with Gasteiger partial charge in [0.25, 0.3) is 0 Å². The molecule has 0 heterocycles. The number of hydrogen-bond donors (Lipinski definition) is 2. The van der Waals surface area contributed by atoms with Crippen LogP contribution in [0.25, 0.3) is 0 Å². The second kappa shape index (κ2) is 7.39. The lowest BCUT2D eigenvalue weighted by atomic mass is 10.1. The molecule has 4 heteroatoms. The molecule has 0 spiro atoms. The van der Waals surface area contributed by atoms with Crippen molar-refractivity contribution in [3.8, 4) is 0 Å². The summed E-state index contributed by atoms with van der Waals surface area (Å²) in [5.74, 6) is -0.145. The number of carbonyl (C=O) groups excluding carboxylic acids is 1. The van der Waals surface area contributed by atoms with E-state index < -0.39 is 0 Å². The molecular weight excluding hydrogens is 255 g/mol. The van der Waals surface area contributed by atoms with Gasteiger partial charge in [-0.05, 0) is 43.9 Å². The molecule has 1 aromatic carbocycles. The van der Waals surface area contributed by atoms with Crippen molar-refractivity contribution in [1.82, 2.24) is 10.6 Å². The SMILES string of the molecule is CC(Cc1ccc(F)cc1)NCC(=O)NC1CCCC1. The lowest BCUT2D eigenvalue weighted by molar-refractivity contribution is -0.121. The summed E-state index contributed by atoms with van der Waals surface area (Å²) in [6.45, 7) is 2.38. The molecule has 0 radical (unpaired) electrons.